The van der Waals surface area contributed by atoms with Crippen LogP contribution in [0.2, 0.25) is 0 Å². The molecule has 0 aliphatic heterocycles. The van der Waals surface area contributed by atoms with E-state index in [4.69, 9.17) is 0 Å². The van der Waals surface area contributed by atoms with Gasteiger partial charge in [-0.3, -0.25) is 0 Å². The molecule has 0 atom stereocenters. The summed E-state index contributed by atoms with van der Waals surface area (Å²) >= 11 is 0. The van der Waals surface area contributed by atoms with Gasteiger partial charge in [0.2, 0.25) is 0 Å². The van der Waals surface area contributed by atoms with Crippen LogP contribution in [0, 0.1) is 0 Å². The fourth-order valence-electron chi connectivity index (χ4n) is 2.03. The Labute approximate surface area is 120 Å². The van der Waals surface area contributed by atoms with E-state index in [9.17, 15) is 4.79 Å². The predicted molar refractivity (Wildman–Crippen MR) is 81.3 cm³/mol. The summed E-state index contributed by atoms with van der Waals surface area (Å²) in [5, 5.41) is 5.87. The van der Waals surface area contributed by atoms with Crippen molar-refractivity contribution in [3.05, 3.63) is 71.8 Å². The third kappa shape index (κ3) is 3.85. The molecule has 0 spiro atoms. The van der Waals surface area contributed by atoms with Crippen molar-refractivity contribution < 1.29 is 4.79 Å². The molecule has 0 bridgehead atoms. The molecule has 0 aliphatic carbocycles. The van der Waals surface area contributed by atoms with Crippen LogP contribution < -0.4 is 10.6 Å². The van der Waals surface area contributed by atoms with Crippen LogP contribution in [-0.2, 0) is 12.1 Å². The third-order valence-corrected chi connectivity index (χ3v) is 3.22. The minimum Gasteiger partial charge on any atom is -0.334 e. The third-order valence-electron chi connectivity index (χ3n) is 3.22. The van der Waals surface area contributed by atoms with Gasteiger partial charge >= 0.3 is 6.03 Å². The lowest BCUT2D eigenvalue weighted by Crippen LogP contribution is -2.46. The normalized spacial score (nSPS) is 10.9. The highest BCUT2D eigenvalue weighted by Crippen LogP contribution is 2.18. The standard InChI is InChI=1S/C17H20N2O/c1-17(2,15-11-7-4-8-12-15)19-16(20)18-13-14-9-5-3-6-10-14/h3-12H,13H2,1-2H3,(H2,18,19,20). The molecule has 2 rings (SSSR count). The molecule has 0 saturated heterocycles. The highest BCUT2D eigenvalue weighted by Gasteiger charge is 2.22. The van der Waals surface area contributed by atoms with Gasteiger partial charge in [0.25, 0.3) is 0 Å². The number of hydrogen-bond donors (Lipinski definition) is 2. The largest absolute Gasteiger partial charge is 0.334 e. The first-order chi connectivity index (χ1) is 9.58. The van der Waals surface area contributed by atoms with Crippen molar-refractivity contribution in [2.45, 2.75) is 25.9 Å². The van der Waals surface area contributed by atoms with Gasteiger partial charge in [-0.15, -0.1) is 0 Å². The van der Waals surface area contributed by atoms with Crippen molar-refractivity contribution >= 4 is 6.03 Å². The lowest BCUT2D eigenvalue weighted by molar-refractivity contribution is 0.229. The van der Waals surface area contributed by atoms with Gasteiger partial charge in [-0.25, -0.2) is 4.79 Å². The summed E-state index contributed by atoms with van der Waals surface area (Å²) in [4.78, 5) is 12.0. The molecule has 20 heavy (non-hydrogen) atoms. The summed E-state index contributed by atoms with van der Waals surface area (Å²) < 4.78 is 0. The number of amides is 2. The van der Waals surface area contributed by atoms with E-state index in [1.807, 2.05) is 74.5 Å². The van der Waals surface area contributed by atoms with Gasteiger partial charge in [0, 0.05) is 6.54 Å². The van der Waals surface area contributed by atoms with Crippen molar-refractivity contribution in [1.82, 2.24) is 10.6 Å². The van der Waals surface area contributed by atoms with Crippen LogP contribution in [0.15, 0.2) is 60.7 Å². The number of urea groups is 1. The Balaban J connectivity index is 1.91. The summed E-state index contributed by atoms with van der Waals surface area (Å²) in [6, 6.07) is 19.6. The SMILES string of the molecule is CC(C)(NC(=O)NCc1ccccc1)c1ccccc1. The average molecular weight is 268 g/mol. The summed E-state index contributed by atoms with van der Waals surface area (Å²) in [6.07, 6.45) is 0. The van der Waals surface area contributed by atoms with Crippen LogP contribution in [0.5, 0.6) is 0 Å². The predicted octanol–water partition coefficient (Wildman–Crippen LogP) is 3.42. The quantitative estimate of drug-likeness (QED) is 0.876. The summed E-state index contributed by atoms with van der Waals surface area (Å²) in [7, 11) is 0. The maximum Gasteiger partial charge on any atom is 0.315 e. The molecular weight excluding hydrogens is 248 g/mol. The highest BCUT2D eigenvalue weighted by molar-refractivity contribution is 5.75. The minimum absolute atomic E-state index is 0.164. The molecule has 3 heteroatoms. The summed E-state index contributed by atoms with van der Waals surface area (Å²) in [6.45, 7) is 4.51. The molecule has 0 aromatic heterocycles. The molecule has 0 heterocycles. The van der Waals surface area contributed by atoms with Crippen molar-refractivity contribution in [2.24, 2.45) is 0 Å². The zero-order chi connectivity index (χ0) is 14.4. The average Bonchev–Trinajstić information content (AvgIpc) is 2.47. The smallest absolute Gasteiger partial charge is 0.315 e. The van der Waals surface area contributed by atoms with Gasteiger partial charge in [-0.05, 0) is 25.0 Å². The van der Waals surface area contributed by atoms with Crippen LogP contribution in [0.3, 0.4) is 0 Å². The van der Waals surface area contributed by atoms with Gasteiger partial charge in [-0.1, -0.05) is 60.7 Å². The second kappa shape index (κ2) is 6.24. The molecule has 3 nitrogen and oxygen atoms in total. The first kappa shape index (κ1) is 14.1. The Kier molecular flexibility index (Phi) is 4.41. The van der Waals surface area contributed by atoms with Crippen LogP contribution in [0.4, 0.5) is 4.79 Å². The second-order valence-electron chi connectivity index (χ2n) is 5.28. The zero-order valence-corrected chi connectivity index (χ0v) is 11.9. The molecule has 0 unspecified atom stereocenters. The Morgan fingerprint density at radius 1 is 0.950 bits per heavy atom. The van der Waals surface area contributed by atoms with E-state index in [-0.39, 0.29) is 6.03 Å². The number of hydrogen-bond acceptors (Lipinski definition) is 1. The van der Waals surface area contributed by atoms with Gasteiger partial charge in [0.15, 0.2) is 0 Å². The van der Waals surface area contributed by atoms with E-state index in [2.05, 4.69) is 10.6 Å². The van der Waals surface area contributed by atoms with Crippen molar-refractivity contribution in [3.63, 3.8) is 0 Å². The molecule has 2 N–H and O–H groups in total. The van der Waals surface area contributed by atoms with Crippen molar-refractivity contribution in [3.8, 4) is 0 Å². The van der Waals surface area contributed by atoms with Gasteiger partial charge in [0.1, 0.15) is 0 Å². The first-order valence-corrected chi connectivity index (χ1v) is 6.73. The topological polar surface area (TPSA) is 41.1 Å². The monoisotopic (exact) mass is 268 g/mol. The lowest BCUT2D eigenvalue weighted by atomic mass is 9.95. The van der Waals surface area contributed by atoms with Crippen molar-refractivity contribution in [2.75, 3.05) is 0 Å². The minimum atomic E-state index is -0.401. The Hall–Kier alpha value is -2.29. The number of nitrogens with one attached hydrogen (secondary N) is 2. The Morgan fingerprint density at radius 3 is 2.10 bits per heavy atom. The maximum atomic E-state index is 12.0. The second-order valence-corrected chi connectivity index (χ2v) is 5.28. The van der Waals surface area contributed by atoms with E-state index in [0.29, 0.717) is 6.54 Å². The van der Waals surface area contributed by atoms with Gasteiger partial charge in [0.05, 0.1) is 5.54 Å². The Morgan fingerprint density at radius 2 is 1.50 bits per heavy atom. The van der Waals surface area contributed by atoms with Crippen LogP contribution >= 0.6 is 0 Å². The molecule has 0 fully saturated rings. The molecule has 2 amide bonds. The number of benzene rings is 2. The van der Waals surface area contributed by atoms with E-state index in [1.165, 1.54) is 0 Å². The van der Waals surface area contributed by atoms with Crippen LogP contribution in [0.25, 0.3) is 0 Å². The number of rotatable bonds is 4. The van der Waals surface area contributed by atoms with E-state index in [1.54, 1.807) is 0 Å². The van der Waals surface area contributed by atoms with E-state index < -0.39 is 5.54 Å². The zero-order valence-electron chi connectivity index (χ0n) is 11.9. The molecule has 0 saturated carbocycles. The fraction of sp³-hybridized carbons (Fsp3) is 0.235. The van der Waals surface area contributed by atoms with E-state index >= 15 is 0 Å². The van der Waals surface area contributed by atoms with Crippen molar-refractivity contribution in [1.29, 1.82) is 0 Å². The maximum absolute atomic E-state index is 12.0. The summed E-state index contributed by atoms with van der Waals surface area (Å²) in [5.74, 6) is 0. The molecule has 0 radical (unpaired) electrons. The molecular formula is C17H20N2O. The molecule has 0 aliphatic rings. The van der Waals surface area contributed by atoms with Crippen LogP contribution in [0.1, 0.15) is 25.0 Å². The van der Waals surface area contributed by atoms with Gasteiger partial charge in [-0.2, -0.15) is 0 Å². The van der Waals surface area contributed by atoms with Crippen LogP contribution in [-0.4, -0.2) is 6.03 Å². The number of carbonyl (C=O) groups excluding carboxylic acids is 1. The first-order valence-electron chi connectivity index (χ1n) is 6.73. The summed E-state index contributed by atoms with van der Waals surface area (Å²) in [5.41, 5.74) is 1.76. The number of carbonyl (C=O) groups is 1. The lowest BCUT2D eigenvalue weighted by Gasteiger charge is -2.27. The highest BCUT2D eigenvalue weighted by atomic mass is 16.2. The molecule has 2 aromatic carbocycles. The van der Waals surface area contributed by atoms with Gasteiger partial charge < -0.3 is 10.6 Å². The Bertz CT molecular complexity index is 550. The molecule has 2 aromatic rings. The fourth-order valence-corrected chi connectivity index (χ4v) is 2.03. The molecule has 104 valence electrons. The van der Waals surface area contributed by atoms with E-state index in [0.717, 1.165) is 11.1 Å².